The highest BCUT2D eigenvalue weighted by Gasteiger charge is 2.44. The van der Waals surface area contributed by atoms with Gasteiger partial charge < -0.3 is 20.5 Å². The second kappa shape index (κ2) is 4.59. The molecule has 0 aromatic rings. The summed E-state index contributed by atoms with van der Waals surface area (Å²) in [5.41, 5.74) is -1.25. The lowest BCUT2D eigenvalue weighted by atomic mass is 9.98. The van der Waals surface area contributed by atoms with Gasteiger partial charge in [0.2, 0.25) is 5.91 Å². The lowest BCUT2D eigenvalue weighted by molar-refractivity contribution is -0.147. The molecule has 0 spiro atoms. The molecule has 2 atom stereocenters. The van der Waals surface area contributed by atoms with Crippen molar-refractivity contribution in [3.05, 3.63) is 0 Å². The number of hydrogen-bond donors (Lipinski definition) is 3. The van der Waals surface area contributed by atoms with Crippen molar-refractivity contribution in [2.75, 3.05) is 20.3 Å². The Bertz CT molecular complexity index is 261. The fourth-order valence-electron chi connectivity index (χ4n) is 1.36. The Kier molecular flexibility index (Phi) is 3.65. The van der Waals surface area contributed by atoms with E-state index >= 15 is 0 Å². The summed E-state index contributed by atoms with van der Waals surface area (Å²) in [6, 6.07) is -0.415. The lowest BCUT2D eigenvalue weighted by Gasteiger charge is -2.25. The van der Waals surface area contributed by atoms with Gasteiger partial charge in [0.1, 0.15) is 0 Å². The van der Waals surface area contributed by atoms with Gasteiger partial charge in [0.15, 0.2) is 5.54 Å². The van der Waals surface area contributed by atoms with Crippen LogP contribution in [0.3, 0.4) is 0 Å². The summed E-state index contributed by atoms with van der Waals surface area (Å²) in [7, 11) is 1.64. The molecule has 0 radical (unpaired) electrons. The van der Waals surface area contributed by atoms with Crippen molar-refractivity contribution in [1.82, 2.24) is 10.6 Å². The van der Waals surface area contributed by atoms with Gasteiger partial charge >= 0.3 is 5.97 Å². The van der Waals surface area contributed by atoms with Gasteiger partial charge in [0, 0.05) is 13.0 Å². The molecule has 2 unspecified atom stereocenters. The summed E-state index contributed by atoms with van der Waals surface area (Å²) in [4.78, 5) is 22.6. The number of nitrogens with one attached hydrogen (secondary N) is 2. The van der Waals surface area contributed by atoms with Crippen LogP contribution in [0.5, 0.6) is 0 Å². The minimum absolute atomic E-state index is 0.0322. The van der Waals surface area contributed by atoms with Gasteiger partial charge in [0.25, 0.3) is 0 Å². The molecule has 1 heterocycles. The van der Waals surface area contributed by atoms with E-state index in [-0.39, 0.29) is 12.5 Å². The quantitative estimate of drug-likeness (QED) is 0.558. The first-order chi connectivity index (χ1) is 7.02. The van der Waals surface area contributed by atoms with E-state index in [1.807, 2.05) is 0 Å². The molecule has 6 heteroatoms. The average Bonchev–Trinajstić information content (AvgIpc) is 2.66. The molecule has 1 aliphatic heterocycles. The van der Waals surface area contributed by atoms with Crippen molar-refractivity contribution in [2.24, 2.45) is 0 Å². The molecule has 0 aromatic carbocycles. The molecule has 1 saturated heterocycles. The van der Waals surface area contributed by atoms with Gasteiger partial charge in [-0.2, -0.15) is 0 Å². The van der Waals surface area contributed by atoms with E-state index in [0.717, 1.165) is 0 Å². The fraction of sp³-hybridized carbons (Fsp3) is 0.778. The van der Waals surface area contributed by atoms with E-state index in [4.69, 9.17) is 9.84 Å². The topological polar surface area (TPSA) is 87.7 Å². The number of carboxylic acid groups (broad SMARTS) is 1. The van der Waals surface area contributed by atoms with Gasteiger partial charge in [-0.1, -0.05) is 0 Å². The number of ether oxygens (including phenoxy) is 1. The molecule has 0 saturated carbocycles. The number of likely N-dealkylation sites (N-methyl/N-ethyl adjacent to an activating group) is 1. The third kappa shape index (κ3) is 2.45. The van der Waals surface area contributed by atoms with Gasteiger partial charge in [0.05, 0.1) is 12.6 Å². The maximum absolute atomic E-state index is 11.5. The minimum atomic E-state index is -1.25. The van der Waals surface area contributed by atoms with Gasteiger partial charge in [-0.05, 0) is 14.0 Å². The molecule has 1 amide bonds. The summed E-state index contributed by atoms with van der Waals surface area (Å²) in [6.07, 6.45) is 0.310. The van der Waals surface area contributed by atoms with E-state index in [0.29, 0.717) is 13.0 Å². The Labute approximate surface area is 88.0 Å². The van der Waals surface area contributed by atoms with Crippen molar-refractivity contribution in [3.8, 4) is 0 Å². The van der Waals surface area contributed by atoms with Gasteiger partial charge in [-0.15, -0.1) is 0 Å². The van der Waals surface area contributed by atoms with Crippen LogP contribution in [0.1, 0.15) is 13.3 Å². The molecule has 1 fully saturated rings. The Morgan fingerprint density at radius 3 is 2.60 bits per heavy atom. The maximum Gasteiger partial charge on any atom is 0.331 e. The van der Waals surface area contributed by atoms with Crippen molar-refractivity contribution in [3.63, 3.8) is 0 Å². The predicted octanol–water partition coefficient (Wildman–Crippen LogP) is -1.05. The van der Waals surface area contributed by atoms with E-state index in [2.05, 4.69) is 10.6 Å². The normalized spacial score (nSPS) is 27.3. The number of carboxylic acids is 1. The van der Waals surface area contributed by atoms with E-state index in [9.17, 15) is 9.59 Å². The second-order valence-electron chi connectivity index (χ2n) is 3.69. The summed E-state index contributed by atoms with van der Waals surface area (Å²) in [6.45, 7) is 2.06. The number of carbonyl (C=O) groups is 2. The van der Waals surface area contributed by atoms with Crippen LogP contribution in [0.25, 0.3) is 0 Å². The highest BCUT2D eigenvalue weighted by molar-refractivity contribution is 5.89. The van der Waals surface area contributed by atoms with Crippen LogP contribution in [-0.4, -0.2) is 48.8 Å². The molecule has 6 nitrogen and oxygen atoms in total. The first kappa shape index (κ1) is 11.9. The molecule has 0 bridgehead atoms. The zero-order valence-electron chi connectivity index (χ0n) is 8.87. The second-order valence-corrected chi connectivity index (χ2v) is 3.69. The van der Waals surface area contributed by atoms with Crippen LogP contribution >= 0.6 is 0 Å². The molecule has 3 N–H and O–H groups in total. The molecular formula is C9H16N2O4. The highest BCUT2D eigenvalue weighted by atomic mass is 16.5. The molecule has 86 valence electrons. The fourth-order valence-corrected chi connectivity index (χ4v) is 1.36. The molecule has 0 aliphatic carbocycles. The van der Waals surface area contributed by atoms with Crippen LogP contribution < -0.4 is 10.6 Å². The van der Waals surface area contributed by atoms with Crippen LogP contribution in [0, 0.1) is 0 Å². The Hall–Kier alpha value is -1.14. The lowest BCUT2D eigenvalue weighted by Crippen LogP contribution is -2.58. The van der Waals surface area contributed by atoms with E-state index in [1.54, 1.807) is 14.0 Å². The van der Waals surface area contributed by atoms with Gasteiger partial charge in [-0.3, -0.25) is 4.79 Å². The standard InChI is InChI=1S/C9H16N2O4/c1-6(10-2)7(12)11-9(8(13)14)3-4-15-5-9/h6,10H,3-5H2,1-2H3,(H,11,12)(H,13,14). The first-order valence-corrected chi connectivity index (χ1v) is 4.82. The SMILES string of the molecule is CNC(C)C(=O)NC1(C(=O)O)CCOC1. The Morgan fingerprint density at radius 2 is 2.20 bits per heavy atom. The number of hydrogen-bond acceptors (Lipinski definition) is 4. The Balaban J connectivity index is 2.67. The van der Waals surface area contributed by atoms with Crippen molar-refractivity contribution < 1.29 is 19.4 Å². The summed E-state index contributed by atoms with van der Waals surface area (Å²) >= 11 is 0. The monoisotopic (exact) mass is 216 g/mol. The molecular weight excluding hydrogens is 200 g/mol. The number of aliphatic carboxylic acids is 1. The molecule has 1 rings (SSSR count). The third-order valence-corrected chi connectivity index (χ3v) is 2.62. The maximum atomic E-state index is 11.5. The molecule has 15 heavy (non-hydrogen) atoms. The van der Waals surface area contributed by atoms with E-state index < -0.39 is 17.6 Å². The zero-order valence-corrected chi connectivity index (χ0v) is 8.87. The van der Waals surface area contributed by atoms with Crippen molar-refractivity contribution in [2.45, 2.75) is 24.9 Å². The summed E-state index contributed by atoms with van der Waals surface area (Å²) < 4.78 is 5.02. The highest BCUT2D eigenvalue weighted by Crippen LogP contribution is 2.18. The molecule has 1 aliphatic rings. The number of rotatable bonds is 4. The third-order valence-electron chi connectivity index (χ3n) is 2.62. The average molecular weight is 216 g/mol. The molecule has 0 aromatic heterocycles. The van der Waals surface area contributed by atoms with Crippen molar-refractivity contribution in [1.29, 1.82) is 0 Å². The summed E-state index contributed by atoms with van der Waals surface area (Å²) in [5, 5.41) is 14.3. The zero-order chi connectivity index (χ0) is 11.5. The largest absolute Gasteiger partial charge is 0.479 e. The van der Waals surface area contributed by atoms with Gasteiger partial charge in [-0.25, -0.2) is 4.79 Å². The number of carbonyl (C=O) groups excluding carboxylic acids is 1. The minimum Gasteiger partial charge on any atom is -0.479 e. The van der Waals surface area contributed by atoms with E-state index in [1.165, 1.54) is 0 Å². The number of amides is 1. The Morgan fingerprint density at radius 1 is 1.53 bits per heavy atom. The van der Waals surface area contributed by atoms with Crippen LogP contribution in [0.4, 0.5) is 0 Å². The predicted molar refractivity (Wildman–Crippen MR) is 52.5 cm³/mol. The smallest absolute Gasteiger partial charge is 0.331 e. The van der Waals surface area contributed by atoms with Crippen LogP contribution in [0.15, 0.2) is 0 Å². The first-order valence-electron chi connectivity index (χ1n) is 4.82. The summed E-state index contributed by atoms with van der Waals surface area (Å²) in [5.74, 6) is -1.37. The van der Waals surface area contributed by atoms with Crippen molar-refractivity contribution >= 4 is 11.9 Å². The van der Waals surface area contributed by atoms with Crippen LogP contribution in [0.2, 0.25) is 0 Å². The van der Waals surface area contributed by atoms with Crippen LogP contribution in [-0.2, 0) is 14.3 Å².